The monoisotopic (exact) mass is 409 g/mol. The number of rotatable bonds is 4. The summed E-state index contributed by atoms with van der Waals surface area (Å²) in [5.74, 6) is 0.657. The Hall–Kier alpha value is -3.13. The minimum atomic E-state index is -0.248. The third kappa shape index (κ3) is 3.40. The zero-order valence-electron chi connectivity index (χ0n) is 16.0. The second-order valence-electron chi connectivity index (χ2n) is 6.89. The molecule has 29 heavy (non-hydrogen) atoms. The van der Waals surface area contributed by atoms with E-state index in [-0.39, 0.29) is 5.82 Å². The zero-order valence-corrected chi connectivity index (χ0v) is 16.8. The number of imidazole rings is 1. The average molecular weight is 409 g/mol. The third-order valence-corrected chi connectivity index (χ3v) is 6.13. The van der Waals surface area contributed by atoms with E-state index in [1.54, 1.807) is 30.6 Å². The molecular formula is C21H20FN5OS. The van der Waals surface area contributed by atoms with Gasteiger partial charge in [-0.3, -0.25) is 0 Å². The van der Waals surface area contributed by atoms with Crippen molar-refractivity contribution in [2.24, 2.45) is 0 Å². The Morgan fingerprint density at radius 1 is 0.966 bits per heavy atom. The molecule has 148 valence electrons. The molecule has 0 aliphatic carbocycles. The second-order valence-corrected chi connectivity index (χ2v) is 7.83. The number of methoxy groups -OCH3 is 1. The summed E-state index contributed by atoms with van der Waals surface area (Å²) >= 11 is 1.58. The maximum atomic E-state index is 13.1. The van der Waals surface area contributed by atoms with Crippen molar-refractivity contribution in [1.82, 2.24) is 14.6 Å². The summed E-state index contributed by atoms with van der Waals surface area (Å²) in [7, 11) is 1.71. The highest BCUT2D eigenvalue weighted by Crippen LogP contribution is 2.31. The lowest BCUT2D eigenvalue weighted by Gasteiger charge is -2.36. The topological polar surface area (TPSA) is 45.9 Å². The summed E-state index contributed by atoms with van der Waals surface area (Å²) in [6.45, 7) is 3.59. The van der Waals surface area contributed by atoms with E-state index in [4.69, 9.17) is 9.84 Å². The van der Waals surface area contributed by atoms with E-state index in [9.17, 15) is 4.39 Å². The fraction of sp³-hybridized carbons (Fsp3) is 0.238. The highest BCUT2D eigenvalue weighted by molar-refractivity contribution is 7.20. The van der Waals surface area contributed by atoms with Gasteiger partial charge in [0.2, 0.25) is 10.1 Å². The lowest BCUT2D eigenvalue weighted by molar-refractivity contribution is 0.413. The molecule has 1 aliphatic rings. The Morgan fingerprint density at radius 3 is 2.41 bits per heavy atom. The van der Waals surface area contributed by atoms with Gasteiger partial charge in [0, 0.05) is 31.7 Å². The van der Waals surface area contributed by atoms with Gasteiger partial charge < -0.3 is 14.5 Å². The number of aromatic nitrogens is 3. The number of hydrogen-bond donors (Lipinski definition) is 0. The summed E-state index contributed by atoms with van der Waals surface area (Å²) in [4.78, 5) is 10.1. The quantitative estimate of drug-likeness (QED) is 0.511. The van der Waals surface area contributed by atoms with Gasteiger partial charge in [-0.1, -0.05) is 23.5 Å². The molecule has 0 saturated carbocycles. The third-order valence-electron chi connectivity index (χ3n) is 5.15. The molecule has 0 N–H and O–H groups in total. The molecule has 0 radical (unpaired) electrons. The van der Waals surface area contributed by atoms with Crippen molar-refractivity contribution >= 4 is 27.1 Å². The maximum Gasteiger partial charge on any atom is 0.214 e. The summed E-state index contributed by atoms with van der Waals surface area (Å²) in [5.41, 5.74) is 2.82. The number of ether oxygens (including phenoxy) is 1. The van der Waals surface area contributed by atoms with Gasteiger partial charge in [0.25, 0.3) is 0 Å². The van der Waals surface area contributed by atoms with Crippen molar-refractivity contribution in [3.63, 3.8) is 0 Å². The van der Waals surface area contributed by atoms with Crippen molar-refractivity contribution in [1.29, 1.82) is 0 Å². The van der Waals surface area contributed by atoms with E-state index in [0.717, 1.165) is 59.0 Å². The number of nitrogens with zero attached hydrogens (tertiary/aromatic N) is 5. The Balaban J connectivity index is 1.31. The van der Waals surface area contributed by atoms with Crippen molar-refractivity contribution in [2.75, 3.05) is 43.1 Å². The number of halogens is 1. The van der Waals surface area contributed by atoms with E-state index in [0.29, 0.717) is 0 Å². The highest BCUT2D eigenvalue weighted by atomic mass is 32.1. The zero-order chi connectivity index (χ0) is 19.8. The van der Waals surface area contributed by atoms with Gasteiger partial charge >= 0.3 is 0 Å². The first kappa shape index (κ1) is 17.9. The molecule has 1 saturated heterocycles. The summed E-state index contributed by atoms with van der Waals surface area (Å²) in [6, 6.07) is 14.5. The lowest BCUT2D eigenvalue weighted by Crippen LogP contribution is -2.46. The fourth-order valence-electron chi connectivity index (χ4n) is 3.61. The van der Waals surface area contributed by atoms with Crippen LogP contribution in [0.15, 0.2) is 54.7 Å². The molecule has 0 bridgehead atoms. The minimum Gasteiger partial charge on any atom is -0.495 e. The van der Waals surface area contributed by atoms with Crippen molar-refractivity contribution in [2.45, 2.75) is 0 Å². The highest BCUT2D eigenvalue weighted by Gasteiger charge is 2.22. The van der Waals surface area contributed by atoms with E-state index < -0.39 is 0 Å². The van der Waals surface area contributed by atoms with E-state index in [1.807, 2.05) is 28.9 Å². The number of fused-ring (bicyclic) bond motifs is 1. The predicted octanol–water partition coefficient (Wildman–Crippen LogP) is 3.93. The van der Waals surface area contributed by atoms with Crippen molar-refractivity contribution in [3.05, 3.63) is 60.5 Å². The Morgan fingerprint density at radius 2 is 1.69 bits per heavy atom. The van der Waals surface area contributed by atoms with Crippen LogP contribution in [0.2, 0.25) is 0 Å². The van der Waals surface area contributed by atoms with Crippen LogP contribution in [-0.4, -0.2) is 47.9 Å². The number of benzene rings is 2. The van der Waals surface area contributed by atoms with Crippen molar-refractivity contribution < 1.29 is 9.13 Å². The van der Waals surface area contributed by atoms with Crippen LogP contribution >= 0.6 is 11.3 Å². The first-order valence-electron chi connectivity index (χ1n) is 9.46. The van der Waals surface area contributed by atoms with Crippen LogP contribution in [0, 0.1) is 5.82 Å². The molecule has 0 unspecified atom stereocenters. The molecule has 8 heteroatoms. The molecule has 0 atom stereocenters. The molecule has 2 aromatic carbocycles. The molecule has 0 spiro atoms. The van der Waals surface area contributed by atoms with E-state index in [2.05, 4.69) is 20.9 Å². The first-order chi connectivity index (χ1) is 14.2. The van der Waals surface area contributed by atoms with E-state index in [1.165, 1.54) is 12.1 Å². The second kappa shape index (κ2) is 7.36. The normalized spacial score (nSPS) is 14.6. The van der Waals surface area contributed by atoms with Crippen LogP contribution < -0.4 is 14.5 Å². The van der Waals surface area contributed by atoms with E-state index >= 15 is 0 Å². The van der Waals surface area contributed by atoms with Crippen LogP contribution in [0.5, 0.6) is 5.75 Å². The largest absolute Gasteiger partial charge is 0.495 e. The van der Waals surface area contributed by atoms with Crippen molar-refractivity contribution in [3.8, 4) is 17.0 Å². The SMILES string of the molecule is COc1ccccc1N1CCN(c2nn3cc(-c4ccc(F)cc4)nc3s2)CC1. The molecule has 4 aromatic rings. The number of piperazine rings is 1. The summed E-state index contributed by atoms with van der Waals surface area (Å²) < 4.78 is 20.4. The van der Waals surface area contributed by atoms with Gasteiger partial charge in [-0.05, 0) is 36.4 Å². The number of anilines is 2. The lowest BCUT2D eigenvalue weighted by atomic mass is 10.2. The average Bonchev–Trinajstić information content (AvgIpc) is 3.34. The predicted molar refractivity (Wildman–Crippen MR) is 114 cm³/mol. The molecule has 0 amide bonds. The first-order valence-corrected chi connectivity index (χ1v) is 10.3. The molecule has 1 fully saturated rings. The maximum absolute atomic E-state index is 13.1. The molecule has 6 nitrogen and oxygen atoms in total. The molecule has 2 aromatic heterocycles. The number of hydrogen-bond acceptors (Lipinski definition) is 6. The minimum absolute atomic E-state index is 0.248. The molecule has 3 heterocycles. The summed E-state index contributed by atoms with van der Waals surface area (Å²) in [5, 5.41) is 5.68. The molecule has 5 rings (SSSR count). The smallest absolute Gasteiger partial charge is 0.214 e. The Bertz CT molecular complexity index is 1100. The summed E-state index contributed by atoms with van der Waals surface area (Å²) in [6.07, 6.45) is 1.90. The standard InChI is InChI=1S/C21H20FN5OS/c1-28-19-5-3-2-4-18(19)25-10-12-26(13-11-25)21-24-27-14-17(23-20(27)29-21)15-6-8-16(22)9-7-15/h2-9,14H,10-13H2,1H3. The van der Waals surface area contributed by atoms with Gasteiger partial charge in [-0.2, -0.15) is 0 Å². The Labute approximate surface area is 171 Å². The molecule has 1 aliphatic heterocycles. The van der Waals surface area contributed by atoms with Crippen LogP contribution in [0.1, 0.15) is 0 Å². The van der Waals surface area contributed by atoms with Crippen LogP contribution in [0.4, 0.5) is 15.2 Å². The molecular weight excluding hydrogens is 389 g/mol. The van der Waals surface area contributed by atoms with Gasteiger partial charge in [0.05, 0.1) is 24.7 Å². The van der Waals surface area contributed by atoms with Crippen LogP contribution in [0.25, 0.3) is 16.2 Å². The van der Waals surface area contributed by atoms with Gasteiger partial charge in [0.15, 0.2) is 0 Å². The van der Waals surface area contributed by atoms with Gasteiger partial charge in [-0.15, -0.1) is 5.10 Å². The number of para-hydroxylation sites is 2. The van der Waals surface area contributed by atoms with Crippen LogP contribution in [-0.2, 0) is 0 Å². The van der Waals surface area contributed by atoms with Crippen LogP contribution in [0.3, 0.4) is 0 Å². The fourth-order valence-corrected chi connectivity index (χ4v) is 4.54. The van der Waals surface area contributed by atoms with Gasteiger partial charge in [-0.25, -0.2) is 13.9 Å². The van der Waals surface area contributed by atoms with Gasteiger partial charge in [0.1, 0.15) is 11.6 Å². The Kier molecular flexibility index (Phi) is 4.55.